The molecule has 5 rings (SSSR count). The first-order valence-corrected chi connectivity index (χ1v) is 16.5. The van der Waals surface area contributed by atoms with E-state index in [0.29, 0.717) is 36.0 Å². The Morgan fingerprint density at radius 1 is 0.915 bits per heavy atom. The molecular formula is C38H43N3O5S. The Labute approximate surface area is 281 Å². The molecule has 2 heterocycles. The number of ether oxygens (including phenoxy) is 3. The summed E-state index contributed by atoms with van der Waals surface area (Å²) in [4.78, 5) is 31.8. The minimum absolute atomic E-state index is 0.0712. The molecule has 3 aromatic carbocycles. The molecule has 1 aliphatic heterocycles. The monoisotopic (exact) mass is 653 g/mol. The molecule has 1 amide bonds. The Balaban J connectivity index is 1.46. The molecule has 1 aromatic heterocycles. The van der Waals surface area contributed by atoms with E-state index in [-0.39, 0.29) is 18.1 Å². The third kappa shape index (κ3) is 8.22. The smallest absolute Gasteiger partial charge is 0.415 e. The number of aryl methyl sites for hydroxylation is 1. The highest BCUT2D eigenvalue weighted by molar-refractivity contribution is 7.13. The summed E-state index contributed by atoms with van der Waals surface area (Å²) in [6.07, 6.45) is 1.75. The van der Waals surface area contributed by atoms with Gasteiger partial charge in [0.2, 0.25) is 0 Å². The second-order valence-electron chi connectivity index (χ2n) is 12.6. The van der Waals surface area contributed by atoms with Crippen molar-refractivity contribution in [2.45, 2.75) is 46.4 Å². The molecule has 0 bridgehead atoms. The van der Waals surface area contributed by atoms with E-state index in [9.17, 15) is 9.59 Å². The Morgan fingerprint density at radius 2 is 1.66 bits per heavy atom. The highest BCUT2D eigenvalue weighted by atomic mass is 32.1. The molecular weight excluding hydrogens is 611 g/mol. The number of amides is 1. The molecule has 246 valence electrons. The van der Waals surface area contributed by atoms with Crippen LogP contribution in [0, 0.1) is 6.92 Å². The van der Waals surface area contributed by atoms with Crippen LogP contribution < -0.4 is 14.8 Å². The van der Waals surface area contributed by atoms with Gasteiger partial charge in [-0.15, -0.1) is 11.3 Å². The van der Waals surface area contributed by atoms with Crippen LogP contribution in [-0.4, -0.2) is 61.7 Å². The summed E-state index contributed by atoms with van der Waals surface area (Å²) in [6.45, 7) is 10.00. The predicted molar refractivity (Wildman–Crippen MR) is 189 cm³/mol. The summed E-state index contributed by atoms with van der Waals surface area (Å²) >= 11 is 1.41. The molecule has 1 aliphatic rings. The van der Waals surface area contributed by atoms with E-state index in [4.69, 9.17) is 14.2 Å². The fourth-order valence-corrected chi connectivity index (χ4v) is 6.60. The maximum atomic E-state index is 13.4. The van der Waals surface area contributed by atoms with Gasteiger partial charge in [-0.3, -0.25) is 0 Å². The number of likely N-dealkylation sites (N-methyl/N-ethyl adjacent to an activating group) is 1. The molecule has 9 heteroatoms. The third-order valence-corrected chi connectivity index (χ3v) is 8.97. The zero-order chi connectivity index (χ0) is 33.7. The number of nitrogens with zero attached hydrogens (tertiary/aromatic N) is 2. The molecule has 4 aromatic rings. The molecule has 0 aliphatic carbocycles. The lowest BCUT2D eigenvalue weighted by Gasteiger charge is -2.33. The van der Waals surface area contributed by atoms with Crippen molar-refractivity contribution in [1.82, 2.24) is 9.80 Å². The molecule has 0 spiro atoms. The minimum Gasteiger partial charge on any atom is -0.496 e. The Bertz CT molecular complexity index is 1780. The summed E-state index contributed by atoms with van der Waals surface area (Å²) in [5.41, 5.74) is 6.35. The van der Waals surface area contributed by atoms with Crippen LogP contribution >= 0.6 is 11.3 Å². The van der Waals surface area contributed by atoms with Crippen LogP contribution in [0.3, 0.4) is 0 Å². The van der Waals surface area contributed by atoms with Gasteiger partial charge >= 0.3 is 12.1 Å². The number of esters is 1. The van der Waals surface area contributed by atoms with Crippen molar-refractivity contribution in [2.24, 2.45) is 0 Å². The van der Waals surface area contributed by atoms with Crippen LogP contribution in [0.1, 0.15) is 52.0 Å². The Kier molecular flexibility index (Phi) is 10.4. The van der Waals surface area contributed by atoms with E-state index in [1.807, 2.05) is 74.4 Å². The molecule has 1 N–H and O–H groups in total. The number of carbonyl (C=O) groups excluding carboxylic acids is 2. The van der Waals surface area contributed by atoms with Crippen LogP contribution in [0.4, 0.5) is 10.5 Å². The summed E-state index contributed by atoms with van der Waals surface area (Å²) in [5.74, 6) is 0.545. The van der Waals surface area contributed by atoms with Crippen LogP contribution in [0.5, 0.6) is 11.5 Å². The average Bonchev–Trinajstić information content (AvgIpc) is 3.47. The second-order valence-corrected chi connectivity index (χ2v) is 13.9. The lowest BCUT2D eigenvalue weighted by molar-refractivity contribution is 0.0479. The summed E-state index contributed by atoms with van der Waals surface area (Å²) in [6, 6.07) is 23.0. The molecule has 0 fully saturated rings. The first kappa shape index (κ1) is 33.8. The molecule has 0 saturated heterocycles. The van der Waals surface area contributed by atoms with Gasteiger partial charge in [0, 0.05) is 53.0 Å². The van der Waals surface area contributed by atoms with Gasteiger partial charge in [0.05, 0.1) is 12.6 Å². The third-order valence-electron chi connectivity index (χ3n) is 7.99. The van der Waals surface area contributed by atoms with Crippen molar-refractivity contribution in [3.8, 4) is 22.6 Å². The fraction of sp³-hybridized carbons (Fsp3) is 0.316. The predicted octanol–water partition coefficient (Wildman–Crippen LogP) is 8.26. The van der Waals surface area contributed by atoms with Gasteiger partial charge in [0.25, 0.3) is 0 Å². The number of carbonyl (C=O) groups is 2. The largest absolute Gasteiger partial charge is 0.496 e. The number of anilines is 1. The van der Waals surface area contributed by atoms with Crippen molar-refractivity contribution in [3.63, 3.8) is 0 Å². The van der Waals surface area contributed by atoms with Gasteiger partial charge in [0.15, 0.2) is 0 Å². The summed E-state index contributed by atoms with van der Waals surface area (Å²) in [5, 5.41) is 3.60. The maximum absolute atomic E-state index is 13.4. The van der Waals surface area contributed by atoms with E-state index in [1.165, 1.54) is 11.3 Å². The zero-order valence-electron chi connectivity index (χ0n) is 28.2. The van der Waals surface area contributed by atoms with Gasteiger partial charge in [-0.2, -0.15) is 0 Å². The van der Waals surface area contributed by atoms with Crippen LogP contribution in [0.15, 0.2) is 78.9 Å². The first-order valence-electron chi connectivity index (χ1n) is 15.7. The number of fused-ring (bicyclic) bond motifs is 1. The number of thiophene rings is 1. The average molecular weight is 654 g/mol. The van der Waals surface area contributed by atoms with Gasteiger partial charge in [-0.25, -0.2) is 9.59 Å². The first-order chi connectivity index (χ1) is 22.4. The van der Waals surface area contributed by atoms with Crippen molar-refractivity contribution < 1.29 is 23.8 Å². The zero-order valence-corrected chi connectivity index (χ0v) is 29.0. The van der Waals surface area contributed by atoms with E-state index in [0.717, 1.165) is 44.0 Å². The van der Waals surface area contributed by atoms with E-state index >= 15 is 0 Å². The lowest BCUT2D eigenvalue weighted by atomic mass is 9.85. The lowest BCUT2D eigenvalue weighted by Crippen LogP contribution is -2.38. The molecule has 0 unspecified atom stereocenters. The number of benzene rings is 3. The van der Waals surface area contributed by atoms with Gasteiger partial charge in [0.1, 0.15) is 23.0 Å². The van der Waals surface area contributed by atoms with Crippen molar-refractivity contribution in [2.75, 3.05) is 39.6 Å². The maximum Gasteiger partial charge on any atom is 0.415 e. The Hall–Kier alpha value is -4.60. The summed E-state index contributed by atoms with van der Waals surface area (Å²) < 4.78 is 17.7. The number of nitrogens with one attached hydrogen (secondary N) is 1. The number of allylic oxidation sites excluding steroid dienone is 1. The molecule has 0 radical (unpaired) electrons. The molecule has 47 heavy (non-hydrogen) atoms. The number of methoxy groups -OCH3 is 1. The molecule has 0 saturated carbocycles. The topological polar surface area (TPSA) is 80.3 Å². The van der Waals surface area contributed by atoms with Gasteiger partial charge in [-0.05, 0) is 88.8 Å². The minimum atomic E-state index is -0.440. The SMILES string of the molecule is COc1cc(OC(=O)N(CCN(C)C)Cc2ccccc2)ccc1-c1ccc2c(c1COC(=O)c1ccc(C)s1)C(C)=CC(C)(C)N2. The molecule has 8 nitrogen and oxygen atoms in total. The highest BCUT2D eigenvalue weighted by Gasteiger charge is 2.28. The highest BCUT2D eigenvalue weighted by Crippen LogP contribution is 2.43. The van der Waals surface area contributed by atoms with Gasteiger partial charge in [-0.1, -0.05) is 42.5 Å². The van der Waals surface area contributed by atoms with E-state index in [1.54, 1.807) is 30.2 Å². The fourth-order valence-electron chi connectivity index (χ4n) is 5.84. The molecule has 0 atom stereocenters. The van der Waals surface area contributed by atoms with E-state index in [2.05, 4.69) is 38.2 Å². The van der Waals surface area contributed by atoms with Crippen LogP contribution in [-0.2, 0) is 17.9 Å². The van der Waals surface area contributed by atoms with Crippen LogP contribution in [0.2, 0.25) is 0 Å². The number of rotatable bonds is 11. The standard InChI is InChI=1S/C38H43N3O5S/c1-25-22-38(3,4)39-32-17-16-29(31(35(25)32)24-45-36(42)34-18-13-26(2)47-34)30-15-14-28(21-33(30)44-7)46-37(43)41(20-19-40(5)6)23-27-11-9-8-10-12-27/h8-18,21-22,39H,19-20,23-24H2,1-7H3. The van der Waals surface area contributed by atoms with Crippen molar-refractivity contribution >= 4 is 34.7 Å². The quantitative estimate of drug-likeness (QED) is 0.163. The van der Waals surface area contributed by atoms with E-state index < -0.39 is 6.09 Å². The normalized spacial score (nSPS) is 13.3. The summed E-state index contributed by atoms with van der Waals surface area (Å²) in [7, 11) is 5.54. The number of hydrogen-bond acceptors (Lipinski definition) is 8. The van der Waals surface area contributed by atoms with Gasteiger partial charge < -0.3 is 29.3 Å². The Morgan fingerprint density at radius 3 is 2.34 bits per heavy atom. The second kappa shape index (κ2) is 14.4. The number of hydrogen-bond donors (Lipinski definition) is 1. The van der Waals surface area contributed by atoms with Crippen LogP contribution in [0.25, 0.3) is 16.7 Å². The van der Waals surface area contributed by atoms with Crippen molar-refractivity contribution in [3.05, 3.63) is 105 Å². The van der Waals surface area contributed by atoms with Crippen molar-refractivity contribution in [1.29, 1.82) is 0 Å².